The number of carbonyl (C=O) groups excluding carboxylic acids is 1. The summed E-state index contributed by atoms with van der Waals surface area (Å²) in [6.07, 6.45) is 0.660. The molecule has 1 aromatic carbocycles. The molecule has 1 aromatic rings. The zero-order chi connectivity index (χ0) is 9.84. The van der Waals surface area contributed by atoms with Crippen molar-refractivity contribution in [2.75, 3.05) is 20.0 Å². The highest BCUT2D eigenvalue weighted by Gasteiger charge is 2.08. The third-order valence-corrected chi connectivity index (χ3v) is 1.72. The van der Waals surface area contributed by atoms with Crippen molar-refractivity contribution in [1.82, 2.24) is 0 Å². The maximum Gasteiger partial charge on any atom is 0.155 e. The molecule has 1 rings (SSSR count). The molecule has 0 spiro atoms. The van der Waals surface area contributed by atoms with Crippen LogP contribution in [0.25, 0.3) is 0 Å². The van der Waals surface area contributed by atoms with Crippen molar-refractivity contribution >= 4 is 12.0 Å². The Bertz CT molecular complexity index is 323. The number of hydrogen-bond donors (Lipinski definition) is 1. The second kappa shape index (κ2) is 3.80. The number of rotatable bonds is 3. The minimum Gasteiger partial charge on any atom is -0.497 e. The van der Waals surface area contributed by atoms with E-state index in [4.69, 9.17) is 15.2 Å². The maximum atomic E-state index is 10.6. The molecule has 0 saturated heterocycles. The van der Waals surface area contributed by atoms with Crippen LogP contribution in [0.15, 0.2) is 12.1 Å². The lowest BCUT2D eigenvalue weighted by atomic mass is 10.1. The number of anilines is 1. The van der Waals surface area contributed by atoms with Crippen LogP contribution < -0.4 is 15.2 Å². The highest BCUT2D eigenvalue weighted by molar-refractivity contribution is 5.88. The molecule has 70 valence electrons. The van der Waals surface area contributed by atoms with E-state index in [-0.39, 0.29) is 0 Å². The lowest BCUT2D eigenvalue weighted by Crippen LogP contribution is -1.98. The van der Waals surface area contributed by atoms with Crippen LogP contribution in [0.4, 0.5) is 5.69 Å². The second-order valence-electron chi connectivity index (χ2n) is 2.45. The van der Waals surface area contributed by atoms with E-state index in [1.54, 1.807) is 12.1 Å². The number of ether oxygens (including phenoxy) is 2. The van der Waals surface area contributed by atoms with Crippen LogP contribution >= 0.6 is 0 Å². The van der Waals surface area contributed by atoms with E-state index in [0.717, 1.165) is 0 Å². The summed E-state index contributed by atoms with van der Waals surface area (Å²) in [5, 5.41) is 0. The summed E-state index contributed by atoms with van der Waals surface area (Å²) in [5.41, 5.74) is 6.30. The minimum atomic E-state index is 0.350. The van der Waals surface area contributed by atoms with Gasteiger partial charge in [-0.2, -0.15) is 0 Å². The van der Waals surface area contributed by atoms with Crippen LogP contribution in [0.5, 0.6) is 11.5 Å². The third-order valence-electron chi connectivity index (χ3n) is 1.72. The normalized spacial score (nSPS) is 9.38. The molecule has 0 heterocycles. The topological polar surface area (TPSA) is 61.5 Å². The number of nitrogens with two attached hydrogens (primary N) is 1. The molecule has 0 aliphatic rings. The van der Waals surface area contributed by atoms with Gasteiger partial charge in [-0.25, -0.2) is 0 Å². The summed E-state index contributed by atoms with van der Waals surface area (Å²) in [4.78, 5) is 10.6. The first-order valence-corrected chi connectivity index (χ1v) is 3.69. The average Bonchev–Trinajstić information content (AvgIpc) is 2.16. The number of carbonyl (C=O) groups is 1. The Labute approximate surface area is 76.3 Å². The molecule has 4 heteroatoms. The van der Waals surface area contributed by atoms with Gasteiger partial charge in [-0.3, -0.25) is 4.79 Å². The smallest absolute Gasteiger partial charge is 0.155 e. The Kier molecular flexibility index (Phi) is 2.74. The van der Waals surface area contributed by atoms with Crippen LogP contribution in [0, 0.1) is 0 Å². The van der Waals surface area contributed by atoms with Gasteiger partial charge in [0, 0.05) is 17.8 Å². The Hall–Kier alpha value is -1.71. The number of nitrogen functional groups attached to an aromatic ring is 1. The van der Waals surface area contributed by atoms with E-state index in [1.165, 1.54) is 14.2 Å². The summed E-state index contributed by atoms with van der Waals surface area (Å²) >= 11 is 0. The largest absolute Gasteiger partial charge is 0.497 e. The summed E-state index contributed by atoms with van der Waals surface area (Å²) in [7, 11) is 3.00. The van der Waals surface area contributed by atoms with Crippen molar-refractivity contribution in [2.24, 2.45) is 0 Å². The zero-order valence-corrected chi connectivity index (χ0v) is 7.53. The number of methoxy groups -OCH3 is 2. The summed E-state index contributed by atoms with van der Waals surface area (Å²) in [6.45, 7) is 0. The Morgan fingerprint density at radius 1 is 1.31 bits per heavy atom. The average molecular weight is 181 g/mol. The van der Waals surface area contributed by atoms with Crippen molar-refractivity contribution < 1.29 is 14.3 Å². The van der Waals surface area contributed by atoms with E-state index in [1.807, 2.05) is 0 Å². The van der Waals surface area contributed by atoms with Crippen molar-refractivity contribution in [1.29, 1.82) is 0 Å². The number of aldehydes is 1. The zero-order valence-electron chi connectivity index (χ0n) is 7.53. The van der Waals surface area contributed by atoms with Gasteiger partial charge in [0.15, 0.2) is 6.29 Å². The highest BCUT2D eigenvalue weighted by Crippen LogP contribution is 2.28. The summed E-state index contributed by atoms with van der Waals surface area (Å²) in [5.74, 6) is 0.992. The van der Waals surface area contributed by atoms with Crippen LogP contribution in [0.2, 0.25) is 0 Å². The molecule has 13 heavy (non-hydrogen) atoms. The molecular weight excluding hydrogens is 170 g/mol. The van der Waals surface area contributed by atoms with Gasteiger partial charge >= 0.3 is 0 Å². The highest BCUT2D eigenvalue weighted by atomic mass is 16.5. The number of benzene rings is 1. The summed E-state index contributed by atoms with van der Waals surface area (Å²) < 4.78 is 9.93. The molecule has 2 N–H and O–H groups in total. The van der Waals surface area contributed by atoms with E-state index in [2.05, 4.69) is 0 Å². The third kappa shape index (κ3) is 1.72. The maximum absolute atomic E-state index is 10.6. The number of hydrogen-bond acceptors (Lipinski definition) is 4. The Morgan fingerprint density at radius 3 is 2.46 bits per heavy atom. The fraction of sp³-hybridized carbons (Fsp3) is 0.222. The Balaban J connectivity index is 3.28. The van der Waals surface area contributed by atoms with Gasteiger partial charge in [-0.15, -0.1) is 0 Å². The van der Waals surface area contributed by atoms with Crippen molar-refractivity contribution in [2.45, 2.75) is 0 Å². The van der Waals surface area contributed by atoms with Crippen molar-refractivity contribution in [3.8, 4) is 11.5 Å². The lowest BCUT2D eigenvalue weighted by Gasteiger charge is -2.08. The molecule has 4 nitrogen and oxygen atoms in total. The van der Waals surface area contributed by atoms with Gasteiger partial charge in [0.1, 0.15) is 11.5 Å². The SMILES string of the molecule is COc1cc(N)c(C=O)c(OC)c1. The molecule has 0 aromatic heterocycles. The molecule has 0 saturated carbocycles. The Morgan fingerprint density at radius 2 is 2.00 bits per heavy atom. The second-order valence-corrected chi connectivity index (χ2v) is 2.45. The van der Waals surface area contributed by atoms with Gasteiger partial charge in [-0.05, 0) is 0 Å². The molecule has 0 radical (unpaired) electrons. The van der Waals surface area contributed by atoms with Crippen molar-refractivity contribution in [3.63, 3.8) is 0 Å². The van der Waals surface area contributed by atoms with Crippen LogP contribution in [0.3, 0.4) is 0 Å². The fourth-order valence-corrected chi connectivity index (χ4v) is 1.03. The van der Waals surface area contributed by atoms with Gasteiger partial charge in [0.25, 0.3) is 0 Å². The van der Waals surface area contributed by atoms with E-state index in [9.17, 15) is 4.79 Å². The molecule has 0 aliphatic heterocycles. The van der Waals surface area contributed by atoms with E-state index < -0.39 is 0 Å². The predicted molar refractivity (Wildman–Crippen MR) is 49.3 cm³/mol. The first-order valence-electron chi connectivity index (χ1n) is 3.69. The van der Waals surface area contributed by atoms with Gasteiger partial charge in [0.05, 0.1) is 19.8 Å². The van der Waals surface area contributed by atoms with Gasteiger partial charge in [0.2, 0.25) is 0 Å². The first kappa shape index (κ1) is 9.38. The quantitative estimate of drug-likeness (QED) is 0.560. The van der Waals surface area contributed by atoms with Gasteiger partial charge < -0.3 is 15.2 Å². The summed E-state index contributed by atoms with van der Waals surface area (Å²) in [6, 6.07) is 3.19. The van der Waals surface area contributed by atoms with Crippen LogP contribution in [0.1, 0.15) is 10.4 Å². The lowest BCUT2D eigenvalue weighted by molar-refractivity contribution is 0.112. The molecular formula is C9H11NO3. The molecule has 0 fully saturated rings. The van der Waals surface area contributed by atoms with Crippen molar-refractivity contribution in [3.05, 3.63) is 17.7 Å². The monoisotopic (exact) mass is 181 g/mol. The molecule has 0 atom stereocenters. The predicted octanol–water partition coefficient (Wildman–Crippen LogP) is 1.10. The molecule has 0 amide bonds. The van der Waals surface area contributed by atoms with Crippen LogP contribution in [-0.2, 0) is 0 Å². The van der Waals surface area contributed by atoms with Crippen LogP contribution in [-0.4, -0.2) is 20.5 Å². The van der Waals surface area contributed by atoms with Gasteiger partial charge in [-0.1, -0.05) is 0 Å². The first-order chi connectivity index (χ1) is 6.22. The molecule has 0 unspecified atom stereocenters. The minimum absolute atomic E-state index is 0.350. The van der Waals surface area contributed by atoms with E-state index >= 15 is 0 Å². The standard InChI is InChI=1S/C9H11NO3/c1-12-6-3-8(10)7(5-11)9(4-6)13-2/h3-5H,10H2,1-2H3. The molecule has 0 bridgehead atoms. The van der Waals surface area contributed by atoms with E-state index in [0.29, 0.717) is 29.0 Å². The molecule has 0 aliphatic carbocycles. The fourth-order valence-electron chi connectivity index (χ4n) is 1.03.